The first kappa shape index (κ1) is 23.8. The maximum absolute atomic E-state index is 12.8. The number of nitrogens with one attached hydrogen (secondary N) is 2. The number of rotatable bonds is 5. The Morgan fingerprint density at radius 2 is 1.53 bits per heavy atom. The molecule has 1 aromatic carbocycles. The molecule has 2 N–H and O–H groups in total. The molecule has 0 saturated carbocycles. The van der Waals surface area contributed by atoms with Crippen molar-refractivity contribution in [1.82, 2.24) is 19.8 Å². The van der Waals surface area contributed by atoms with Gasteiger partial charge < -0.3 is 15.5 Å². The molecule has 2 rings (SSSR count). The van der Waals surface area contributed by atoms with Gasteiger partial charge in [0.2, 0.25) is 21.8 Å². The Balaban J connectivity index is 2.02. The number of nitrogens with zero attached hydrogens (tertiary/aromatic N) is 2. The van der Waals surface area contributed by atoms with Gasteiger partial charge in [-0.1, -0.05) is 0 Å². The molecule has 1 saturated heterocycles. The molecular formula is C20H30N4O5S. The fraction of sp³-hybridized carbons (Fsp3) is 0.550. The monoisotopic (exact) mass is 438 g/mol. The molecule has 0 aromatic heterocycles. The quantitative estimate of drug-likeness (QED) is 0.697. The molecule has 3 amide bonds. The molecule has 9 nitrogen and oxygen atoms in total. The molecule has 1 unspecified atom stereocenters. The van der Waals surface area contributed by atoms with E-state index in [1.807, 2.05) is 20.8 Å². The molecule has 166 valence electrons. The summed E-state index contributed by atoms with van der Waals surface area (Å²) in [5.74, 6) is -0.849. The number of sulfonamides is 1. The second-order valence-corrected chi connectivity index (χ2v) is 10.3. The van der Waals surface area contributed by atoms with Gasteiger partial charge in [-0.2, -0.15) is 4.31 Å². The van der Waals surface area contributed by atoms with Crippen LogP contribution in [0.5, 0.6) is 0 Å². The van der Waals surface area contributed by atoms with E-state index in [9.17, 15) is 22.8 Å². The second kappa shape index (κ2) is 9.13. The molecule has 1 fully saturated rings. The van der Waals surface area contributed by atoms with E-state index in [1.54, 1.807) is 11.8 Å². The van der Waals surface area contributed by atoms with Gasteiger partial charge in [-0.25, -0.2) is 8.42 Å². The van der Waals surface area contributed by atoms with Crippen molar-refractivity contribution in [3.8, 4) is 0 Å². The molecule has 0 bridgehead atoms. The van der Waals surface area contributed by atoms with Crippen LogP contribution in [0, 0.1) is 0 Å². The molecule has 1 aliphatic rings. The Bertz CT molecular complexity index is 898. The number of hydrogen-bond donors (Lipinski definition) is 2. The third-order valence-electron chi connectivity index (χ3n) is 4.68. The van der Waals surface area contributed by atoms with Gasteiger partial charge in [-0.05, 0) is 52.0 Å². The van der Waals surface area contributed by atoms with Crippen LogP contribution >= 0.6 is 0 Å². The molecule has 0 radical (unpaired) electrons. The smallest absolute Gasteiger partial charge is 0.251 e. The first-order valence-electron chi connectivity index (χ1n) is 9.80. The molecular weight excluding hydrogens is 408 g/mol. The van der Waals surface area contributed by atoms with E-state index in [0.29, 0.717) is 13.1 Å². The van der Waals surface area contributed by atoms with Crippen LogP contribution in [0.1, 0.15) is 45.0 Å². The maximum atomic E-state index is 12.8. The minimum Gasteiger partial charge on any atom is -0.350 e. The Hall–Kier alpha value is -2.46. The summed E-state index contributed by atoms with van der Waals surface area (Å²) in [6.07, 6.45) is 0. The zero-order valence-corrected chi connectivity index (χ0v) is 18.9. The van der Waals surface area contributed by atoms with Gasteiger partial charge in [0.25, 0.3) is 5.91 Å². The highest BCUT2D eigenvalue weighted by atomic mass is 32.2. The van der Waals surface area contributed by atoms with Crippen molar-refractivity contribution in [1.29, 1.82) is 0 Å². The topological polar surface area (TPSA) is 116 Å². The second-order valence-electron chi connectivity index (χ2n) is 8.37. The average molecular weight is 439 g/mol. The first-order valence-corrected chi connectivity index (χ1v) is 11.2. The van der Waals surface area contributed by atoms with Crippen LogP contribution in [-0.2, 0) is 19.6 Å². The van der Waals surface area contributed by atoms with Crippen LogP contribution in [0.4, 0.5) is 0 Å². The molecule has 10 heteroatoms. The highest BCUT2D eigenvalue weighted by Gasteiger charge is 2.29. The summed E-state index contributed by atoms with van der Waals surface area (Å²) in [5.41, 5.74) is -0.159. The minimum atomic E-state index is -3.71. The predicted octanol–water partition coefficient (Wildman–Crippen LogP) is 0.572. The van der Waals surface area contributed by atoms with Crippen LogP contribution in [0.3, 0.4) is 0 Å². The summed E-state index contributed by atoms with van der Waals surface area (Å²) >= 11 is 0. The van der Waals surface area contributed by atoms with E-state index < -0.39 is 27.5 Å². The van der Waals surface area contributed by atoms with Gasteiger partial charge >= 0.3 is 0 Å². The predicted molar refractivity (Wildman–Crippen MR) is 112 cm³/mol. The van der Waals surface area contributed by atoms with E-state index in [2.05, 4.69) is 10.6 Å². The molecule has 1 atom stereocenters. The third-order valence-corrected chi connectivity index (χ3v) is 6.59. The zero-order chi connectivity index (χ0) is 22.7. The first-order chi connectivity index (χ1) is 13.8. The van der Waals surface area contributed by atoms with Gasteiger partial charge in [-0.3, -0.25) is 14.4 Å². The van der Waals surface area contributed by atoms with Crippen molar-refractivity contribution in [2.75, 3.05) is 26.2 Å². The van der Waals surface area contributed by atoms with E-state index in [-0.39, 0.29) is 35.4 Å². The maximum Gasteiger partial charge on any atom is 0.251 e. The van der Waals surface area contributed by atoms with Gasteiger partial charge in [0.05, 0.1) is 4.90 Å². The van der Waals surface area contributed by atoms with Crippen molar-refractivity contribution in [3.05, 3.63) is 29.8 Å². The lowest BCUT2D eigenvalue weighted by molar-refractivity contribution is -0.130. The highest BCUT2D eigenvalue weighted by Crippen LogP contribution is 2.18. The summed E-state index contributed by atoms with van der Waals surface area (Å²) in [7, 11) is -3.71. The van der Waals surface area contributed by atoms with Gasteiger partial charge in [0.1, 0.15) is 6.04 Å². The molecule has 1 aliphatic heterocycles. The zero-order valence-electron chi connectivity index (χ0n) is 18.1. The number of amides is 3. The van der Waals surface area contributed by atoms with Crippen molar-refractivity contribution in [2.45, 2.75) is 51.1 Å². The Kier molecular flexibility index (Phi) is 7.25. The van der Waals surface area contributed by atoms with Crippen molar-refractivity contribution in [3.63, 3.8) is 0 Å². The summed E-state index contributed by atoms with van der Waals surface area (Å²) in [5, 5.41) is 5.40. The van der Waals surface area contributed by atoms with Gasteiger partial charge in [0, 0.05) is 44.2 Å². The molecule has 1 heterocycles. The fourth-order valence-corrected chi connectivity index (χ4v) is 4.42. The van der Waals surface area contributed by atoms with Crippen molar-refractivity contribution in [2.24, 2.45) is 0 Å². The number of carbonyl (C=O) groups is 3. The Labute approximate surface area is 177 Å². The Morgan fingerprint density at radius 3 is 2.00 bits per heavy atom. The third kappa shape index (κ3) is 6.02. The Morgan fingerprint density at radius 1 is 1.00 bits per heavy atom. The minimum absolute atomic E-state index is 0.0761. The van der Waals surface area contributed by atoms with E-state index in [1.165, 1.54) is 35.5 Å². The van der Waals surface area contributed by atoms with Gasteiger partial charge in [-0.15, -0.1) is 0 Å². The van der Waals surface area contributed by atoms with Crippen molar-refractivity contribution < 1.29 is 22.8 Å². The average Bonchev–Trinajstić information content (AvgIpc) is 2.66. The highest BCUT2D eigenvalue weighted by molar-refractivity contribution is 7.89. The molecule has 30 heavy (non-hydrogen) atoms. The SMILES string of the molecule is CC(=O)N1CCN(S(=O)(=O)c2ccc(C(=O)NC(C)C(=O)NC(C)(C)C)cc2)CC1. The molecule has 0 aliphatic carbocycles. The lowest BCUT2D eigenvalue weighted by Gasteiger charge is -2.33. The number of hydrogen-bond acceptors (Lipinski definition) is 5. The summed E-state index contributed by atoms with van der Waals surface area (Å²) in [6, 6.07) is 4.85. The van der Waals surface area contributed by atoms with Crippen molar-refractivity contribution >= 4 is 27.7 Å². The largest absolute Gasteiger partial charge is 0.350 e. The lowest BCUT2D eigenvalue weighted by Crippen LogP contribution is -2.50. The van der Waals surface area contributed by atoms with E-state index in [0.717, 1.165) is 0 Å². The van der Waals surface area contributed by atoms with E-state index >= 15 is 0 Å². The molecule has 1 aromatic rings. The molecule has 0 spiro atoms. The van der Waals surface area contributed by atoms with Crippen LogP contribution in [0.15, 0.2) is 29.2 Å². The summed E-state index contributed by atoms with van der Waals surface area (Å²) < 4.78 is 27.0. The van der Waals surface area contributed by atoms with Crippen LogP contribution in [0.2, 0.25) is 0 Å². The van der Waals surface area contributed by atoms with Crippen LogP contribution in [-0.4, -0.2) is 73.1 Å². The van der Waals surface area contributed by atoms with Crippen LogP contribution in [0.25, 0.3) is 0 Å². The lowest BCUT2D eigenvalue weighted by atomic mass is 10.1. The summed E-state index contributed by atoms with van der Waals surface area (Å²) in [4.78, 5) is 37.6. The number of piperazine rings is 1. The number of benzene rings is 1. The summed E-state index contributed by atoms with van der Waals surface area (Å²) in [6.45, 7) is 9.73. The van der Waals surface area contributed by atoms with E-state index in [4.69, 9.17) is 0 Å². The standard InChI is InChI=1S/C20H30N4O5S/c1-14(18(26)22-20(3,4)5)21-19(27)16-6-8-17(9-7-16)30(28,29)24-12-10-23(11-13-24)15(2)25/h6-9,14H,10-13H2,1-5H3,(H,21,27)(H,22,26). The van der Waals surface area contributed by atoms with Crippen LogP contribution < -0.4 is 10.6 Å². The normalized spacial score (nSPS) is 16.6. The van der Waals surface area contributed by atoms with Gasteiger partial charge in [0.15, 0.2) is 0 Å². The fourth-order valence-electron chi connectivity index (χ4n) is 2.99. The number of carbonyl (C=O) groups excluding carboxylic acids is 3.